The van der Waals surface area contributed by atoms with Crippen molar-refractivity contribution in [2.75, 3.05) is 5.88 Å². The fraction of sp³-hybridized carbons (Fsp3) is 0.133. The standard InChI is InChI=1S/C15H11ClFIN2/c16-7-6-15-19-13-8-10(17)4-5-14(13)20(15)12-3-1-2-11(18)9-12/h1-5,8-9H,6-7H2. The van der Waals surface area contributed by atoms with Gasteiger partial charge in [-0.15, -0.1) is 11.6 Å². The van der Waals surface area contributed by atoms with Gasteiger partial charge in [-0.3, -0.25) is 4.57 Å². The summed E-state index contributed by atoms with van der Waals surface area (Å²) in [6, 6.07) is 12.8. The van der Waals surface area contributed by atoms with Gasteiger partial charge in [0.05, 0.1) is 11.0 Å². The molecule has 1 heterocycles. The van der Waals surface area contributed by atoms with Crippen molar-refractivity contribution in [3.63, 3.8) is 0 Å². The summed E-state index contributed by atoms with van der Waals surface area (Å²) >= 11 is 8.13. The third-order valence-electron chi connectivity index (χ3n) is 3.07. The molecule has 5 heteroatoms. The molecule has 0 spiro atoms. The predicted molar refractivity (Wildman–Crippen MR) is 88.2 cm³/mol. The highest BCUT2D eigenvalue weighted by atomic mass is 127. The molecule has 0 atom stereocenters. The second-order valence-corrected chi connectivity index (χ2v) is 6.04. The number of benzene rings is 2. The van der Waals surface area contributed by atoms with Gasteiger partial charge in [-0.05, 0) is 52.9 Å². The van der Waals surface area contributed by atoms with Crippen LogP contribution in [0.25, 0.3) is 16.7 Å². The molecular formula is C15H11ClFIN2. The molecule has 2 aromatic carbocycles. The third-order valence-corrected chi connectivity index (χ3v) is 3.93. The maximum absolute atomic E-state index is 13.4. The Morgan fingerprint density at radius 3 is 2.80 bits per heavy atom. The first-order valence-electron chi connectivity index (χ1n) is 6.18. The summed E-state index contributed by atoms with van der Waals surface area (Å²) in [6.45, 7) is 0. The first-order valence-corrected chi connectivity index (χ1v) is 7.79. The number of aryl methyl sites for hydroxylation is 1. The van der Waals surface area contributed by atoms with E-state index in [9.17, 15) is 4.39 Å². The van der Waals surface area contributed by atoms with Crippen LogP contribution < -0.4 is 0 Å². The van der Waals surface area contributed by atoms with Gasteiger partial charge >= 0.3 is 0 Å². The van der Waals surface area contributed by atoms with Crippen molar-refractivity contribution < 1.29 is 4.39 Å². The van der Waals surface area contributed by atoms with Crippen LogP contribution in [0.4, 0.5) is 4.39 Å². The molecule has 0 aliphatic heterocycles. The van der Waals surface area contributed by atoms with Crippen LogP contribution in [0, 0.1) is 9.39 Å². The highest BCUT2D eigenvalue weighted by Gasteiger charge is 2.12. The van der Waals surface area contributed by atoms with Crippen LogP contribution in [0.15, 0.2) is 42.5 Å². The van der Waals surface area contributed by atoms with Crippen LogP contribution in [-0.2, 0) is 6.42 Å². The highest BCUT2D eigenvalue weighted by Crippen LogP contribution is 2.24. The van der Waals surface area contributed by atoms with Gasteiger partial charge in [0.15, 0.2) is 0 Å². The fourth-order valence-electron chi connectivity index (χ4n) is 2.26. The minimum absolute atomic E-state index is 0.276. The molecular weight excluding hydrogens is 390 g/mol. The Morgan fingerprint density at radius 2 is 2.05 bits per heavy atom. The van der Waals surface area contributed by atoms with E-state index in [4.69, 9.17) is 11.6 Å². The van der Waals surface area contributed by atoms with E-state index < -0.39 is 0 Å². The lowest BCUT2D eigenvalue weighted by Crippen LogP contribution is -2.02. The molecule has 0 aliphatic rings. The Hall–Kier alpha value is -1.14. The van der Waals surface area contributed by atoms with Crippen LogP contribution in [0.2, 0.25) is 0 Å². The Kier molecular flexibility index (Phi) is 3.94. The van der Waals surface area contributed by atoms with Gasteiger partial charge in [-0.25, -0.2) is 9.37 Å². The minimum Gasteiger partial charge on any atom is -0.296 e. The van der Waals surface area contributed by atoms with E-state index in [1.165, 1.54) is 12.1 Å². The molecule has 0 aliphatic carbocycles. The maximum atomic E-state index is 13.4. The highest BCUT2D eigenvalue weighted by molar-refractivity contribution is 14.1. The Balaban J connectivity index is 2.28. The quantitative estimate of drug-likeness (QED) is 0.466. The Bertz CT molecular complexity index is 770. The number of halogens is 3. The van der Waals surface area contributed by atoms with Crippen molar-refractivity contribution in [3.05, 3.63) is 57.7 Å². The zero-order valence-electron chi connectivity index (χ0n) is 10.5. The second-order valence-electron chi connectivity index (χ2n) is 4.42. The molecule has 2 nitrogen and oxygen atoms in total. The Labute approximate surface area is 134 Å². The lowest BCUT2D eigenvalue weighted by Gasteiger charge is -2.09. The number of alkyl halides is 1. The molecule has 0 saturated carbocycles. The molecule has 1 aromatic heterocycles. The normalized spacial score (nSPS) is 11.2. The second kappa shape index (κ2) is 5.69. The van der Waals surface area contributed by atoms with Crippen LogP contribution in [-0.4, -0.2) is 15.4 Å². The lowest BCUT2D eigenvalue weighted by molar-refractivity contribution is 0.629. The van der Waals surface area contributed by atoms with Crippen molar-refractivity contribution in [3.8, 4) is 5.69 Å². The molecule has 0 N–H and O–H groups in total. The first kappa shape index (κ1) is 13.8. The van der Waals surface area contributed by atoms with Gasteiger partial charge in [0.2, 0.25) is 0 Å². The number of hydrogen-bond acceptors (Lipinski definition) is 1. The van der Waals surface area contributed by atoms with E-state index in [-0.39, 0.29) is 5.82 Å². The summed E-state index contributed by atoms with van der Waals surface area (Å²) in [5.74, 6) is 1.06. The summed E-state index contributed by atoms with van der Waals surface area (Å²) in [5.41, 5.74) is 2.57. The van der Waals surface area contributed by atoms with Crippen molar-refractivity contribution >= 4 is 45.2 Å². The number of fused-ring (bicyclic) bond motifs is 1. The average molecular weight is 401 g/mol. The molecule has 0 bridgehead atoms. The summed E-state index contributed by atoms with van der Waals surface area (Å²) in [7, 11) is 0. The van der Waals surface area contributed by atoms with Gasteiger partial charge in [-0.2, -0.15) is 0 Å². The van der Waals surface area contributed by atoms with Crippen LogP contribution in [0.5, 0.6) is 0 Å². The molecule has 0 radical (unpaired) electrons. The summed E-state index contributed by atoms with van der Waals surface area (Å²) < 4.78 is 16.5. The van der Waals surface area contributed by atoms with Gasteiger partial charge in [0.1, 0.15) is 11.6 Å². The number of aromatic nitrogens is 2. The lowest BCUT2D eigenvalue weighted by atomic mass is 10.2. The molecule has 3 aromatic rings. The summed E-state index contributed by atoms with van der Waals surface area (Å²) in [4.78, 5) is 4.51. The number of nitrogens with zero attached hydrogens (tertiary/aromatic N) is 2. The largest absolute Gasteiger partial charge is 0.296 e. The van der Waals surface area contributed by atoms with Gasteiger partial charge in [-0.1, -0.05) is 6.07 Å². The molecule has 0 unspecified atom stereocenters. The molecule has 0 amide bonds. The van der Waals surface area contributed by atoms with Crippen molar-refractivity contribution in [2.24, 2.45) is 0 Å². The van der Waals surface area contributed by atoms with Crippen molar-refractivity contribution in [2.45, 2.75) is 6.42 Å². The maximum Gasteiger partial charge on any atom is 0.125 e. The minimum atomic E-state index is -0.276. The fourth-order valence-corrected chi connectivity index (χ4v) is 2.95. The van der Waals surface area contributed by atoms with E-state index in [0.717, 1.165) is 20.6 Å². The zero-order valence-corrected chi connectivity index (χ0v) is 13.4. The van der Waals surface area contributed by atoms with Gasteiger partial charge in [0.25, 0.3) is 0 Å². The monoisotopic (exact) mass is 400 g/mol. The third kappa shape index (κ3) is 2.54. The van der Waals surface area contributed by atoms with Crippen LogP contribution in [0.1, 0.15) is 5.82 Å². The van der Waals surface area contributed by atoms with Gasteiger partial charge in [0, 0.05) is 27.6 Å². The zero-order chi connectivity index (χ0) is 14.1. The van der Waals surface area contributed by atoms with Crippen molar-refractivity contribution in [1.29, 1.82) is 0 Å². The first-order chi connectivity index (χ1) is 9.69. The topological polar surface area (TPSA) is 17.8 Å². The van der Waals surface area contributed by atoms with Gasteiger partial charge < -0.3 is 0 Å². The molecule has 0 saturated heterocycles. The molecule has 20 heavy (non-hydrogen) atoms. The van der Waals surface area contributed by atoms with Crippen LogP contribution in [0.3, 0.4) is 0 Å². The summed E-state index contributed by atoms with van der Waals surface area (Å²) in [5, 5.41) is 0. The average Bonchev–Trinajstić information content (AvgIpc) is 2.76. The van der Waals surface area contributed by atoms with E-state index in [0.29, 0.717) is 17.8 Å². The van der Waals surface area contributed by atoms with E-state index in [1.807, 2.05) is 22.8 Å². The van der Waals surface area contributed by atoms with Crippen molar-refractivity contribution in [1.82, 2.24) is 9.55 Å². The van der Waals surface area contributed by atoms with E-state index in [2.05, 4.69) is 33.6 Å². The summed E-state index contributed by atoms with van der Waals surface area (Å²) in [6.07, 6.45) is 0.642. The molecule has 0 fully saturated rings. The smallest absolute Gasteiger partial charge is 0.125 e. The van der Waals surface area contributed by atoms with E-state index >= 15 is 0 Å². The number of imidazole rings is 1. The SMILES string of the molecule is Fc1ccc2c(c1)nc(CCCl)n2-c1cccc(I)c1. The Morgan fingerprint density at radius 1 is 1.20 bits per heavy atom. The van der Waals surface area contributed by atoms with Crippen LogP contribution >= 0.6 is 34.2 Å². The molecule has 102 valence electrons. The van der Waals surface area contributed by atoms with E-state index in [1.54, 1.807) is 6.07 Å². The predicted octanol–water partition coefficient (Wildman–Crippen LogP) is 4.55. The number of rotatable bonds is 3. The molecule has 3 rings (SSSR count). The number of hydrogen-bond donors (Lipinski definition) is 0.